The number of benzene rings is 1. The Morgan fingerprint density at radius 2 is 1.61 bits per heavy atom. The van der Waals surface area contributed by atoms with Crippen LogP contribution in [0.2, 0.25) is 5.02 Å². The van der Waals surface area contributed by atoms with Gasteiger partial charge in [-0.05, 0) is 55.9 Å². The molecule has 1 amide bonds. The Balaban J connectivity index is 1.66. The predicted molar refractivity (Wildman–Crippen MR) is 116 cm³/mol. The Hall–Kier alpha value is -2.21. The number of carbonyl (C=O) groups excluding carboxylic acids is 1. The number of carboxylic acids is 1. The molecule has 1 N–H and O–H groups in total. The van der Waals surface area contributed by atoms with E-state index < -0.39 is 41.5 Å². The highest BCUT2D eigenvalue weighted by Crippen LogP contribution is 2.44. The fraction of sp³-hybridized carbons (Fsp3) is 0.652. The molecule has 1 aliphatic carbocycles. The van der Waals surface area contributed by atoms with Crippen LogP contribution in [0.15, 0.2) is 18.2 Å². The largest absolute Gasteiger partial charge is 0.481 e. The molecule has 0 radical (unpaired) electrons. The third-order valence-corrected chi connectivity index (χ3v) is 7.16. The lowest BCUT2D eigenvalue weighted by molar-refractivity contribution is -0.308. The standard InChI is InChI=1S/C23H26ClF6NO5/c1-20(8-10-31(11-9-20)19(34)36-17(22(25,26)27)23(28,29)30)35-13-14-4-5-15(24)12-16(14)21(18(32)33)6-2-3-7-21/h4-5,12,17H,2-3,6-11,13H2,1H3,(H,32,33). The average Bonchev–Trinajstić information content (AvgIpc) is 3.27. The SMILES string of the molecule is CC1(OCc2ccc(Cl)cc2C2(C(=O)O)CCCC2)CCN(C(=O)OC(C(F)(F)F)C(F)(F)F)CC1. The van der Waals surface area contributed by atoms with Crippen LogP contribution in [0.25, 0.3) is 0 Å². The van der Waals surface area contributed by atoms with Gasteiger partial charge in [0, 0.05) is 18.1 Å². The van der Waals surface area contributed by atoms with Gasteiger partial charge in [0.2, 0.25) is 0 Å². The van der Waals surface area contributed by atoms with Gasteiger partial charge in [0.1, 0.15) is 0 Å². The number of ether oxygens (including phenoxy) is 2. The number of piperidine rings is 1. The zero-order chi connectivity index (χ0) is 26.9. The maximum Gasteiger partial charge on any atom is 0.434 e. The summed E-state index contributed by atoms with van der Waals surface area (Å²) in [5.41, 5.74) is -0.738. The quantitative estimate of drug-likeness (QED) is 0.428. The monoisotopic (exact) mass is 545 g/mol. The minimum atomic E-state index is -5.79. The van der Waals surface area contributed by atoms with Gasteiger partial charge in [-0.1, -0.05) is 30.5 Å². The van der Waals surface area contributed by atoms with E-state index in [0.717, 1.165) is 17.7 Å². The second kappa shape index (κ2) is 10.3. The van der Waals surface area contributed by atoms with Crippen LogP contribution < -0.4 is 0 Å². The second-order valence-corrected chi connectivity index (χ2v) is 9.90. The van der Waals surface area contributed by atoms with Crippen molar-refractivity contribution in [3.05, 3.63) is 34.3 Å². The van der Waals surface area contributed by atoms with Crippen LogP contribution in [0.3, 0.4) is 0 Å². The molecule has 6 nitrogen and oxygen atoms in total. The van der Waals surface area contributed by atoms with E-state index in [1.807, 2.05) is 0 Å². The summed E-state index contributed by atoms with van der Waals surface area (Å²) in [4.78, 5) is 25.0. The van der Waals surface area contributed by atoms with Crippen molar-refractivity contribution in [3.63, 3.8) is 0 Å². The normalized spacial score (nSPS) is 20.0. The van der Waals surface area contributed by atoms with E-state index in [0.29, 0.717) is 29.0 Å². The molecule has 202 valence electrons. The van der Waals surface area contributed by atoms with Gasteiger partial charge in [0.05, 0.1) is 17.6 Å². The Kier molecular flexibility index (Phi) is 8.10. The zero-order valence-corrected chi connectivity index (χ0v) is 20.1. The summed E-state index contributed by atoms with van der Waals surface area (Å²) in [6.07, 6.45) is -14.8. The average molecular weight is 546 g/mol. The number of rotatable bonds is 6. The number of carbonyl (C=O) groups is 2. The molecule has 2 fully saturated rings. The lowest BCUT2D eigenvalue weighted by Gasteiger charge is -2.39. The van der Waals surface area contributed by atoms with Crippen LogP contribution in [0, 0.1) is 0 Å². The van der Waals surface area contributed by atoms with Crippen molar-refractivity contribution < 1.29 is 50.5 Å². The molecule has 0 unspecified atom stereocenters. The summed E-state index contributed by atoms with van der Waals surface area (Å²) >= 11 is 6.15. The molecule has 1 aromatic rings. The maximum absolute atomic E-state index is 12.7. The van der Waals surface area contributed by atoms with E-state index in [9.17, 15) is 41.0 Å². The number of amides is 1. The molecule has 1 saturated heterocycles. The third-order valence-electron chi connectivity index (χ3n) is 6.92. The Bertz CT molecular complexity index is 955. The van der Waals surface area contributed by atoms with E-state index in [-0.39, 0.29) is 32.5 Å². The molecule has 0 aromatic heterocycles. The van der Waals surface area contributed by atoms with E-state index in [2.05, 4.69) is 4.74 Å². The summed E-state index contributed by atoms with van der Waals surface area (Å²) in [5, 5.41) is 10.4. The summed E-state index contributed by atoms with van der Waals surface area (Å²) in [6, 6.07) is 4.93. The molecule has 1 aliphatic heterocycles. The van der Waals surface area contributed by atoms with Gasteiger partial charge < -0.3 is 19.5 Å². The van der Waals surface area contributed by atoms with Crippen molar-refractivity contribution in [3.8, 4) is 0 Å². The fourth-order valence-electron chi connectivity index (χ4n) is 4.75. The second-order valence-electron chi connectivity index (χ2n) is 9.47. The predicted octanol–water partition coefficient (Wildman–Crippen LogP) is 6.24. The molecular weight excluding hydrogens is 520 g/mol. The highest BCUT2D eigenvalue weighted by molar-refractivity contribution is 6.30. The summed E-state index contributed by atoms with van der Waals surface area (Å²) in [5.74, 6) is -0.947. The van der Waals surface area contributed by atoms with E-state index >= 15 is 0 Å². The number of carboxylic acid groups (broad SMARTS) is 1. The van der Waals surface area contributed by atoms with Gasteiger partial charge in [-0.15, -0.1) is 0 Å². The van der Waals surface area contributed by atoms with E-state index in [1.165, 1.54) is 0 Å². The highest BCUT2D eigenvalue weighted by atomic mass is 35.5. The molecule has 1 saturated carbocycles. The zero-order valence-electron chi connectivity index (χ0n) is 19.3. The molecular formula is C23H26ClF6NO5. The summed E-state index contributed by atoms with van der Waals surface area (Å²) in [6.45, 7) is 1.38. The van der Waals surface area contributed by atoms with Crippen molar-refractivity contribution >= 4 is 23.7 Å². The summed E-state index contributed by atoms with van der Waals surface area (Å²) < 4.78 is 86.0. The van der Waals surface area contributed by atoms with Gasteiger partial charge >= 0.3 is 24.4 Å². The molecule has 1 aromatic carbocycles. The minimum absolute atomic E-state index is 0.0205. The molecule has 3 rings (SSSR count). The lowest BCUT2D eigenvalue weighted by Crippen LogP contribution is -2.51. The summed E-state index contributed by atoms with van der Waals surface area (Å²) in [7, 11) is 0. The fourth-order valence-corrected chi connectivity index (χ4v) is 4.92. The van der Waals surface area contributed by atoms with Crippen LogP contribution >= 0.6 is 11.6 Å². The molecule has 0 atom stereocenters. The number of hydrogen-bond donors (Lipinski definition) is 1. The van der Waals surface area contributed by atoms with E-state index in [1.54, 1.807) is 25.1 Å². The minimum Gasteiger partial charge on any atom is -0.481 e. The van der Waals surface area contributed by atoms with Crippen molar-refractivity contribution in [2.75, 3.05) is 13.1 Å². The van der Waals surface area contributed by atoms with Crippen molar-refractivity contribution in [2.45, 2.75) is 81.5 Å². The Morgan fingerprint density at radius 3 is 2.11 bits per heavy atom. The molecule has 1 heterocycles. The first kappa shape index (κ1) is 28.4. The molecule has 0 spiro atoms. The number of likely N-dealkylation sites (tertiary alicyclic amines) is 1. The van der Waals surface area contributed by atoms with Crippen molar-refractivity contribution in [1.29, 1.82) is 0 Å². The molecule has 13 heteroatoms. The Morgan fingerprint density at radius 1 is 1.06 bits per heavy atom. The molecule has 36 heavy (non-hydrogen) atoms. The highest BCUT2D eigenvalue weighted by Gasteiger charge is 2.60. The Labute approximate surface area is 208 Å². The number of nitrogens with zero attached hydrogens (tertiary/aromatic N) is 1. The van der Waals surface area contributed by atoms with Gasteiger partial charge in [-0.3, -0.25) is 4.79 Å². The van der Waals surface area contributed by atoms with Crippen molar-refractivity contribution in [1.82, 2.24) is 4.90 Å². The topological polar surface area (TPSA) is 76.1 Å². The van der Waals surface area contributed by atoms with E-state index in [4.69, 9.17) is 16.3 Å². The third kappa shape index (κ3) is 6.19. The van der Waals surface area contributed by atoms with Crippen molar-refractivity contribution in [2.24, 2.45) is 0 Å². The first-order valence-corrected chi connectivity index (χ1v) is 11.7. The maximum atomic E-state index is 12.7. The van der Waals surface area contributed by atoms with Crippen LogP contribution in [-0.4, -0.2) is 59.2 Å². The van der Waals surface area contributed by atoms with Gasteiger partial charge in [0.25, 0.3) is 6.10 Å². The molecule has 2 aliphatic rings. The lowest BCUT2D eigenvalue weighted by atomic mass is 9.76. The molecule has 0 bridgehead atoms. The van der Waals surface area contributed by atoms with Crippen LogP contribution in [-0.2, 0) is 26.3 Å². The van der Waals surface area contributed by atoms with Gasteiger partial charge in [-0.25, -0.2) is 4.79 Å². The van der Waals surface area contributed by atoms with Gasteiger partial charge in [-0.2, -0.15) is 26.3 Å². The van der Waals surface area contributed by atoms with Crippen LogP contribution in [0.5, 0.6) is 0 Å². The van der Waals surface area contributed by atoms with Gasteiger partial charge in [0.15, 0.2) is 0 Å². The van der Waals surface area contributed by atoms with Crippen LogP contribution in [0.4, 0.5) is 31.1 Å². The number of hydrogen-bond acceptors (Lipinski definition) is 4. The first-order chi connectivity index (χ1) is 16.6. The van der Waals surface area contributed by atoms with Crippen LogP contribution in [0.1, 0.15) is 56.6 Å². The smallest absolute Gasteiger partial charge is 0.434 e. The number of aliphatic carboxylic acids is 1. The number of alkyl halides is 6. The number of halogens is 7. The first-order valence-electron chi connectivity index (χ1n) is 11.3.